The van der Waals surface area contributed by atoms with Crippen molar-refractivity contribution in [3.05, 3.63) is 34.4 Å². The van der Waals surface area contributed by atoms with Crippen molar-refractivity contribution in [2.45, 2.75) is 59.4 Å². The van der Waals surface area contributed by atoms with Crippen molar-refractivity contribution in [3.63, 3.8) is 0 Å². The molecule has 0 amide bonds. The van der Waals surface area contributed by atoms with Crippen molar-refractivity contribution < 1.29 is 0 Å². The van der Waals surface area contributed by atoms with Crippen LogP contribution in [0.3, 0.4) is 0 Å². The maximum absolute atomic E-state index is 5.89. The molecule has 2 nitrogen and oxygen atoms in total. The number of rotatable bonds is 3. The van der Waals surface area contributed by atoms with Gasteiger partial charge in [0.15, 0.2) is 0 Å². The zero-order chi connectivity index (χ0) is 14.0. The molecule has 19 heavy (non-hydrogen) atoms. The average Bonchev–Trinajstić information content (AvgIpc) is 2.36. The van der Waals surface area contributed by atoms with Gasteiger partial charge in [0, 0.05) is 6.04 Å². The summed E-state index contributed by atoms with van der Waals surface area (Å²) in [5.41, 5.74) is 8.59. The van der Waals surface area contributed by atoms with Crippen LogP contribution < -0.4 is 11.3 Å². The summed E-state index contributed by atoms with van der Waals surface area (Å²) in [5, 5.41) is 0. The minimum absolute atomic E-state index is 0.307. The minimum Gasteiger partial charge on any atom is -0.271 e. The van der Waals surface area contributed by atoms with Crippen LogP contribution in [-0.2, 0) is 0 Å². The summed E-state index contributed by atoms with van der Waals surface area (Å²) < 4.78 is 0. The summed E-state index contributed by atoms with van der Waals surface area (Å²) in [7, 11) is 0. The molecule has 3 N–H and O–H groups in total. The lowest BCUT2D eigenvalue weighted by atomic mass is 9.76. The van der Waals surface area contributed by atoms with Crippen LogP contribution >= 0.6 is 0 Å². The van der Waals surface area contributed by atoms with E-state index in [1.165, 1.54) is 47.9 Å². The van der Waals surface area contributed by atoms with Crippen LogP contribution in [0.25, 0.3) is 0 Å². The molecule has 1 aliphatic rings. The van der Waals surface area contributed by atoms with E-state index in [1.54, 1.807) is 0 Å². The lowest BCUT2D eigenvalue weighted by molar-refractivity contribution is 0.224. The maximum Gasteiger partial charge on any atom is 0.0490 e. The number of hydrogen-bond donors (Lipinski definition) is 2. The van der Waals surface area contributed by atoms with E-state index in [0.717, 1.165) is 5.92 Å². The molecule has 1 saturated carbocycles. The molecule has 0 spiro atoms. The first-order chi connectivity index (χ1) is 9.02. The van der Waals surface area contributed by atoms with Crippen molar-refractivity contribution in [1.82, 2.24) is 5.43 Å². The second kappa shape index (κ2) is 6.06. The van der Waals surface area contributed by atoms with Crippen LogP contribution in [-0.4, -0.2) is 0 Å². The second-order valence-corrected chi connectivity index (χ2v) is 6.47. The molecule has 1 aromatic rings. The van der Waals surface area contributed by atoms with Gasteiger partial charge in [0.25, 0.3) is 0 Å². The third kappa shape index (κ3) is 3.18. The Morgan fingerprint density at radius 2 is 1.79 bits per heavy atom. The van der Waals surface area contributed by atoms with Gasteiger partial charge >= 0.3 is 0 Å². The van der Waals surface area contributed by atoms with Crippen LogP contribution in [0.4, 0.5) is 0 Å². The van der Waals surface area contributed by atoms with Gasteiger partial charge in [-0.15, -0.1) is 0 Å². The van der Waals surface area contributed by atoms with Gasteiger partial charge in [-0.1, -0.05) is 31.9 Å². The Balaban J connectivity index is 2.28. The quantitative estimate of drug-likeness (QED) is 0.638. The van der Waals surface area contributed by atoms with Crippen LogP contribution in [0, 0.1) is 32.6 Å². The standard InChI is InChI=1S/C17H28N2/c1-11-6-5-7-15(8-11)17(19-18)16-10-13(3)12(2)9-14(16)4/h9-11,15,17,19H,5-8,18H2,1-4H3. The van der Waals surface area contributed by atoms with E-state index < -0.39 is 0 Å². The topological polar surface area (TPSA) is 38.0 Å². The number of hydrazine groups is 1. The van der Waals surface area contributed by atoms with E-state index in [9.17, 15) is 0 Å². The molecule has 0 aromatic heterocycles. The fraction of sp³-hybridized carbons (Fsp3) is 0.647. The zero-order valence-electron chi connectivity index (χ0n) is 12.8. The highest BCUT2D eigenvalue weighted by molar-refractivity contribution is 5.38. The zero-order valence-corrected chi connectivity index (χ0v) is 12.8. The lowest BCUT2D eigenvalue weighted by Gasteiger charge is -2.34. The first kappa shape index (κ1) is 14.5. The molecule has 0 radical (unpaired) electrons. The Morgan fingerprint density at radius 1 is 1.11 bits per heavy atom. The van der Waals surface area contributed by atoms with Crippen LogP contribution in [0.5, 0.6) is 0 Å². The van der Waals surface area contributed by atoms with Gasteiger partial charge in [0.2, 0.25) is 0 Å². The molecule has 0 heterocycles. The van der Waals surface area contributed by atoms with Gasteiger partial charge in [-0.2, -0.15) is 0 Å². The molecule has 106 valence electrons. The summed E-state index contributed by atoms with van der Waals surface area (Å²) in [4.78, 5) is 0. The highest BCUT2D eigenvalue weighted by Crippen LogP contribution is 2.38. The largest absolute Gasteiger partial charge is 0.271 e. The fourth-order valence-electron chi connectivity index (χ4n) is 3.58. The maximum atomic E-state index is 5.89. The smallest absolute Gasteiger partial charge is 0.0490 e. The predicted molar refractivity (Wildman–Crippen MR) is 81.8 cm³/mol. The Labute approximate surface area is 117 Å². The summed E-state index contributed by atoms with van der Waals surface area (Å²) in [5.74, 6) is 7.40. The third-order valence-corrected chi connectivity index (χ3v) is 4.85. The van der Waals surface area contributed by atoms with Crippen LogP contribution in [0.2, 0.25) is 0 Å². The summed E-state index contributed by atoms with van der Waals surface area (Å²) in [6.07, 6.45) is 5.31. The molecule has 0 bridgehead atoms. The number of nitrogens with one attached hydrogen (secondary N) is 1. The van der Waals surface area contributed by atoms with E-state index in [1.807, 2.05) is 0 Å². The monoisotopic (exact) mass is 260 g/mol. The molecule has 2 rings (SSSR count). The van der Waals surface area contributed by atoms with E-state index in [2.05, 4.69) is 45.3 Å². The van der Waals surface area contributed by atoms with Gasteiger partial charge < -0.3 is 0 Å². The molecule has 1 aromatic carbocycles. The highest BCUT2D eigenvalue weighted by Gasteiger charge is 2.28. The molecular formula is C17H28N2. The van der Waals surface area contributed by atoms with Gasteiger partial charge in [0.1, 0.15) is 0 Å². The molecule has 1 aliphatic carbocycles. The van der Waals surface area contributed by atoms with E-state index in [0.29, 0.717) is 12.0 Å². The van der Waals surface area contributed by atoms with E-state index in [-0.39, 0.29) is 0 Å². The normalized spacial score (nSPS) is 25.3. The number of benzene rings is 1. The lowest BCUT2D eigenvalue weighted by Crippen LogP contribution is -2.36. The third-order valence-electron chi connectivity index (χ3n) is 4.85. The Morgan fingerprint density at radius 3 is 2.42 bits per heavy atom. The van der Waals surface area contributed by atoms with Gasteiger partial charge in [-0.3, -0.25) is 11.3 Å². The molecular weight excluding hydrogens is 232 g/mol. The second-order valence-electron chi connectivity index (χ2n) is 6.47. The fourth-order valence-corrected chi connectivity index (χ4v) is 3.58. The molecule has 3 atom stereocenters. The van der Waals surface area contributed by atoms with Gasteiger partial charge in [0.05, 0.1) is 0 Å². The average molecular weight is 260 g/mol. The Kier molecular flexibility index (Phi) is 4.64. The van der Waals surface area contributed by atoms with Gasteiger partial charge in [-0.25, -0.2) is 0 Å². The number of aryl methyl sites for hydroxylation is 3. The molecule has 0 saturated heterocycles. The van der Waals surface area contributed by atoms with Gasteiger partial charge in [-0.05, 0) is 67.7 Å². The van der Waals surface area contributed by atoms with Crippen molar-refractivity contribution in [1.29, 1.82) is 0 Å². The highest BCUT2D eigenvalue weighted by atomic mass is 15.2. The van der Waals surface area contributed by atoms with Crippen molar-refractivity contribution >= 4 is 0 Å². The van der Waals surface area contributed by atoms with Crippen molar-refractivity contribution in [2.75, 3.05) is 0 Å². The van der Waals surface area contributed by atoms with E-state index >= 15 is 0 Å². The van der Waals surface area contributed by atoms with Crippen molar-refractivity contribution in [2.24, 2.45) is 17.7 Å². The summed E-state index contributed by atoms with van der Waals surface area (Å²) in [6, 6.07) is 4.93. The van der Waals surface area contributed by atoms with Crippen LogP contribution in [0.1, 0.15) is 60.9 Å². The first-order valence-corrected chi connectivity index (χ1v) is 7.56. The van der Waals surface area contributed by atoms with Crippen LogP contribution in [0.15, 0.2) is 12.1 Å². The molecule has 3 unspecified atom stereocenters. The van der Waals surface area contributed by atoms with E-state index in [4.69, 9.17) is 5.84 Å². The summed E-state index contributed by atoms with van der Waals surface area (Å²) >= 11 is 0. The SMILES string of the molecule is Cc1cc(C)c(C(NN)C2CCCC(C)C2)cc1C. The summed E-state index contributed by atoms with van der Waals surface area (Å²) in [6.45, 7) is 8.94. The molecule has 1 fully saturated rings. The molecule has 0 aliphatic heterocycles. The first-order valence-electron chi connectivity index (χ1n) is 7.56. The Hall–Kier alpha value is -0.860. The molecule has 2 heteroatoms. The Bertz CT molecular complexity index is 439. The number of nitrogens with two attached hydrogens (primary N) is 1. The predicted octanol–water partition coefficient (Wildman–Crippen LogP) is 3.94. The minimum atomic E-state index is 0.307. The van der Waals surface area contributed by atoms with Crippen molar-refractivity contribution in [3.8, 4) is 0 Å². The number of hydrogen-bond acceptors (Lipinski definition) is 2.